The minimum atomic E-state index is -0.833. The molecule has 0 aromatic carbocycles. The number of carbonyl (C=O) groups is 2. The molecule has 0 saturated heterocycles. The van der Waals surface area contributed by atoms with Crippen LogP contribution >= 0.6 is 0 Å². The quantitative estimate of drug-likeness (QED) is 0.708. The van der Waals surface area contributed by atoms with E-state index in [-0.39, 0.29) is 5.41 Å². The first-order valence-electron chi connectivity index (χ1n) is 5.15. The smallest absolute Gasteiger partial charge is 0.300 e. The molecule has 1 aliphatic carbocycles. The fraction of sp³-hybridized carbons (Fsp3) is 0.818. The van der Waals surface area contributed by atoms with Crippen molar-refractivity contribution < 1.29 is 14.7 Å². The van der Waals surface area contributed by atoms with E-state index >= 15 is 0 Å². The minimum absolute atomic E-state index is 0.0399. The number of carbonyl (C=O) groups excluding carboxylic acids is 1. The van der Waals surface area contributed by atoms with Gasteiger partial charge in [0.05, 0.1) is 0 Å². The molecule has 0 aliphatic heterocycles. The molecule has 0 spiro atoms. The maximum absolute atomic E-state index is 11.3. The summed E-state index contributed by atoms with van der Waals surface area (Å²) in [6.07, 6.45) is 5.32. The summed E-state index contributed by atoms with van der Waals surface area (Å²) in [6.45, 7) is 5.30. The van der Waals surface area contributed by atoms with Crippen molar-refractivity contribution in [3.8, 4) is 0 Å². The maximum atomic E-state index is 11.3. The summed E-state index contributed by atoms with van der Waals surface area (Å²) in [6, 6.07) is 0. The Morgan fingerprint density at radius 2 is 2.00 bits per heavy atom. The lowest BCUT2D eigenvalue weighted by Crippen LogP contribution is -2.30. The second-order valence-corrected chi connectivity index (χ2v) is 4.06. The lowest BCUT2D eigenvalue weighted by Gasteiger charge is -2.30. The SMILES string of the molecule is CC(=O)O.CCC1(C)CCCCC1=O. The van der Waals surface area contributed by atoms with Gasteiger partial charge in [-0.15, -0.1) is 0 Å². The Bertz CT molecular complexity index is 207. The Morgan fingerprint density at radius 1 is 1.50 bits per heavy atom. The summed E-state index contributed by atoms with van der Waals surface area (Å²) < 4.78 is 0. The molecule has 1 fully saturated rings. The zero-order chi connectivity index (χ0) is 11.2. The van der Waals surface area contributed by atoms with E-state index in [2.05, 4.69) is 13.8 Å². The van der Waals surface area contributed by atoms with Gasteiger partial charge in [-0.2, -0.15) is 0 Å². The number of rotatable bonds is 1. The lowest BCUT2D eigenvalue weighted by molar-refractivity contribution is -0.134. The largest absolute Gasteiger partial charge is 0.481 e. The molecule has 1 aliphatic rings. The summed E-state index contributed by atoms with van der Waals surface area (Å²) in [5.74, 6) is -0.346. The summed E-state index contributed by atoms with van der Waals surface area (Å²) in [4.78, 5) is 20.3. The van der Waals surface area contributed by atoms with Crippen molar-refractivity contribution >= 4 is 11.8 Å². The van der Waals surface area contributed by atoms with Crippen molar-refractivity contribution in [3.63, 3.8) is 0 Å². The van der Waals surface area contributed by atoms with Crippen LogP contribution in [0.25, 0.3) is 0 Å². The van der Waals surface area contributed by atoms with Gasteiger partial charge >= 0.3 is 0 Å². The summed E-state index contributed by atoms with van der Waals surface area (Å²) in [5, 5.41) is 7.42. The van der Waals surface area contributed by atoms with Crippen LogP contribution in [0, 0.1) is 5.41 Å². The Kier molecular flexibility index (Phi) is 5.43. The van der Waals surface area contributed by atoms with Gasteiger partial charge in [0.25, 0.3) is 5.97 Å². The van der Waals surface area contributed by atoms with Crippen LogP contribution < -0.4 is 0 Å². The van der Waals surface area contributed by atoms with E-state index in [1.165, 1.54) is 6.42 Å². The molecular formula is C11H20O3. The van der Waals surface area contributed by atoms with E-state index < -0.39 is 5.97 Å². The van der Waals surface area contributed by atoms with Gasteiger partial charge in [0.2, 0.25) is 0 Å². The molecule has 0 aromatic rings. The topological polar surface area (TPSA) is 54.4 Å². The van der Waals surface area contributed by atoms with E-state index in [4.69, 9.17) is 9.90 Å². The highest BCUT2D eigenvalue weighted by Gasteiger charge is 2.32. The van der Waals surface area contributed by atoms with E-state index in [0.717, 1.165) is 32.6 Å². The Labute approximate surface area is 85.5 Å². The predicted octanol–water partition coefficient (Wildman–Crippen LogP) is 2.64. The van der Waals surface area contributed by atoms with Gasteiger partial charge in [-0.3, -0.25) is 9.59 Å². The fourth-order valence-corrected chi connectivity index (χ4v) is 1.62. The van der Waals surface area contributed by atoms with E-state index in [1.807, 2.05) is 0 Å². The monoisotopic (exact) mass is 200 g/mol. The summed E-state index contributed by atoms with van der Waals surface area (Å²) in [7, 11) is 0. The first kappa shape index (κ1) is 13.1. The highest BCUT2D eigenvalue weighted by molar-refractivity contribution is 5.84. The van der Waals surface area contributed by atoms with Crippen molar-refractivity contribution in [2.24, 2.45) is 5.41 Å². The van der Waals surface area contributed by atoms with Gasteiger partial charge < -0.3 is 5.11 Å². The molecule has 82 valence electrons. The van der Waals surface area contributed by atoms with Gasteiger partial charge in [-0.1, -0.05) is 20.3 Å². The first-order chi connectivity index (χ1) is 6.42. The van der Waals surface area contributed by atoms with Crippen LogP contribution in [-0.2, 0) is 9.59 Å². The minimum Gasteiger partial charge on any atom is -0.481 e. The highest BCUT2D eigenvalue weighted by Crippen LogP contribution is 2.35. The number of aliphatic carboxylic acids is 1. The zero-order valence-electron chi connectivity index (χ0n) is 9.30. The van der Waals surface area contributed by atoms with E-state index in [0.29, 0.717) is 5.78 Å². The highest BCUT2D eigenvalue weighted by atomic mass is 16.4. The van der Waals surface area contributed by atoms with Crippen molar-refractivity contribution in [1.82, 2.24) is 0 Å². The molecule has 3 nitrogen and oxygen atoms in total. The van der Waals surface area contributed by atoms with Crippen molar-refractivity contribution in [2.75, 3.05) is 0 Å². The number of hydrogen-bond donors (Lipinski definition) is 1. The average molecular weight is 200 g/mol. The van der Waals surface area contributed by atoms with Crippen LogP contribution in [0.2, 0.25) is 0 Å². The van der Waals surface area contributed by atoms with Gasteiger partial charge in [-0.25, -0.2) is 0 Å². The molecule has 0 aromatic heterocycles. The van der Waals surface area contributed by atoms with Crippen LogP contribution in [0.15, 0.2) is 0 Å². The first-order valence-corrected chi connectivity index (χ1v) is 5.15. The van der Waals surface area contributed by atoms with E-state index in [9.17, 15) is 4.79 Å². The molecule has 1 N–H and O–H groups in total. The van der Waals surface area contributed by atoms with Crippen LogP contribution in [0.3, 0.4) is 0 Å². The normalized spacial score (nSPS) is 26.4. The van der Waals surface area contributed by atoms with Gasteiger partial charge in [0.1, 0.15) is 5.78 Å². The maximum Gasteiger partial charge on any atom is 0.300 e. The summed E-state index contributed by atoms with van der Waals surface area (Å²) in [5.41, 5.74) is 0.0399. The van der Waals surface area contributed by atoms with Gasteiger partial charge in [0.15, 0.2) is 0 Å². The lowest BCUT2D eigenvalue weighted by atomic mass is 9.73. The van der Waals surface area contributed by atoms with Crippen LogP contribution in [0.4, 0.5) is 0 Å². The average Bonchev–Trinajstić information content (AvgIpc) is 2.09. The third kappa shape index (κ3) is 4.40. The number of Topliss-reactive ketones (excluding diaryl/α,β-unsaturated/α-hetero) is 1. The Morgan fingerprint density at radius 3 is 2.29 bits per heavy atom. The molecule has 0 amide bonds. The predicted molar refractivity (Wildman–Crippen MR) is 55.2 cm³/mol. The molecular weight excluding hydrogens is 180 g/mol. The molecule has 0 bridgehead atoms. The Hall–Kier alpha value is -0.860. The second-order valence-electron chi connectivity index (χ2n) is 4.06. The number of ketones is 1. The Balaban J connectivity index is 0.000000364. The number of carboxylic acid groups (broad SMARTS) is 1. The second kappa shape index (κ2) is 5.78. The summed E-state index contributed by atoms with van der Waals surface area (Å²) >= 11 is 0. The van der Waals surface area contributed by atoms with Crippen molar-refractivity contribution in [3.05, 3.63) is 0 Å². The standard InChI is InChI=1S/C9H16O.C2H4O2/c1-3-9(2)7-5-4-6-8(9)10;1-2(3)4/h3-7H2,1-2H3;1H3,(H,3,4). The number of carboxylic acids is 1. The molecule has 1 saturated carbocycles. The molecule has 0 radical (unpaired) electrons. The molecule has 1 rings (SSSR count). The van der Waals surface area contributed by atoms with Crippen LogP contribution in [0.5, 0.6) is 0 Å². The molecule has 14 heavy (non-hydrogen) atoms. The molecule has 3 heteroatoms. The van der Waals surface area contributed by atoms with Crippen molar-refractivity contribution in [2.45, 2.75) is 52.9 Å². The third-order valence-corrected chi connectivity index (χ3v) is 2.84. The zero-order valence-corrected chi connectivity index (χ0v) is 9.30. The molecule has 0 heterocycles. The van der Waals surface area contributed by atoms with Gasteiger partial charge in [0, 0.05) is 18.8 Å². The third-order valence-electron chi connectivity index (χ3n) is 2.84. The van der Waals surface area contributed by atoms with Crippen LogP contribution in [0.1, 0.15) is 52.9 Å². The van der Waals surface area contributed by atoms with Crippen molar-refractivity contribution in [1.29, 1.82) is 0 Å². The van der Waals surface area contributed by atoms with Gasteiger partial charge in [-0.05, 0) is 19.3 Å². The number of hydrogen-bond acceptors (Lipinski definition) is 2. The molecule has 1 atom stereocenters. The fourth-order valence-electron chi connectivity index (χ4n) is 1.62. The van der Waals surface area contributed by atoms with Crippen LogP contribution in [-0.4, -0.2) is 16.9 Å². The van der Waals surface area contributed by atoms with E-state index in [1.54, 1.807) is 0 Å². The molecule has 1 unspecified atom stereocenters.